The molecule has 0 fully saturated rings. The van der Waals surface area contributed by atoms with Crippen LogP contribution in [0, 0.1) is 34.9 Å². The SMILES string of the molecule is CCc1cccc(CN(C[C@@H](O)[C@@H](N)Cc2cc(F)cc(F)c2)C(=O)[C@@H](CS(=O)(=O)CCCC(F)(F)F)NC(=O)OCc2ccccc2)c1.CCc1cccc(CN(C[C@@H](O)[C@@H](N)Cc2cc(F)cc(F)c2)C(=O)[C@@H](CS(=O)CCCC(F)(F)F)NC(=O)OCc2ccccc2)c1.CCc1cccc(CN(C[C@@H](O)[C@@H](N)Cc2cc(F)cc(F)c2)C(=O)[C@@H](CSCCCC(F)(F)F)NC(=O)OCc2ccccc2)c1. The molecule has 24 nitrogen and oxygen atoms in total. The van der Waals surface area contributed by atoms with Crippen LogP contribution >= 0.6 is 11.8 Å². The molecule has 0 aliphatic rings. The number of aryl methyl sites for hydroxylation is 3. The summed E-state index contributed by atoms with van der Waals surface area (Å²) in [6.45, 7) is 3.92. The van der Waals surface area contributed by atoms with E-state index in [1.165, 1.54) is 9.80 Å². The second-order valence-corrected chi connectivity index (χ2v) is 39.2. The Morgan fingerprint density at radius 3 is 0.993 bits per heavy atom. The Kier molecular flexibility index (Phi) is 49.5. The van der Waals surface area contributed by atoms with E-state index in [9.17, 15) is 123 Å². The van der Waals surface area contributed by atoms with Gasteiger partial charge in [0.1, 0.15) is 72.8 Å². The lowest BCUT2D eigenvalue weighted by Crippen LogP contribution is -2.55. The van der Waals surface area contributed by atoms with E-state index in [1.54, 1.807) is 127 Å². The van der Waals surface area contributed by atoms with Gasteiger partial charge >= 0.3 is 36.8 Å². The number of thioether (sulfide) groups is 1. The predicted octanol–water partition coefficient (Wildman–Crippen LogP) is 16.2. The van der Waals surface area contributed by atoms with Gasteiger partial charge < -0.3 is 77.4 Å². The van der Waals surface area contributed by atoms with E-state index in [0.29, 0.717) is 52.8 Å². The van der Waals surface area contributed by atoms with Gasteiger partial charge in [-0.25, -0.2) is 49.1 Å². The molecule has 9 rings (SSSR count). The third-order valence-corrected chi connectivity index (χ3v) is 26.5. The maximum atomic E-state index is 14.1. The molecule has 6 amide bonds. The number of sulfone groups is 1. The maximum Gasteiger partial charge on any atom is 0.408 e. The molecule has 9 aromatic carbocycles. The van der Waals surface area contributed by atoms with Crippen LogP contribution in [0.2, 0.25) is 0 Å². The van der Waals surface area contributed by atoms with E-state index in [2.05, 4.69) is 16.0 Å². The number of halogens is 15. The summed E-state index contributed by atoms with van der Waals surface area (Å²) in [5, 5.41) is 40.4. The fourth-order valence-electron chi connectivity index (χ4n) is 14.7. The van der Waals surface area contributed by atoms with Crippen LogP contribution in [0.3, 0.4) is 0 Å². The monoisotopic (exact) mass is 2090 g/mol. The van der Waals surface area contributed by atoms with Crippen molar-refractivity contribution in [2.45, 2.75) is 210 Å². The van der Waals surface area contributed by atoms with Crippen molar-refractivity contribution in [1.29, 1.82) is 0 Å². The summed E-state index contributed by atoms with van der Waals surface area (Å²) in [5.41, 5.74) is 25.9. The van der Waals surface area contributed by atoms with Gasteiger partial charge in [0, 0.05) is 117 Å². The number of alkyl halides is 9. The lowest BCUT2D eigenvalue weighted by atomic mass is 10.0. The van der Waals surface area contributed by atoms with Crippen molar-refractivity contribution < 1.29 is 137 Å². The number of nitrogens with two attached hydrogens (primary N) is 3. The zero-order valence-corrected chi connectivity index (χ0v) is 81.7. The van der Waals surface area contributed by atoms with Crippen molar-refractivity contribution in [3.63, 3.8) is 0 Å². The first-order valence-electron chi connectivity index (χ1n) is 46.1. The van der Waals surface area contributed by atoms with Gasteiger partial charge in [-0.3, -0.25) is 18.6 Å². The van der Waals surface area contributed by atoms with Crippen molar-refractivity contribution in [2.24, 2.45) is 17.2 Å². The van der Waals surface area contributed by atoms with Crippen LogP contribution in [0.25, 0.3) is 0 Å². The number of aliphatic hydroxyl groups excluding tert-OH is 3. The summed E-state index contributed by atoms with van der Waals surface area (Å²) in [6.07, 6.45) is -24.0. The van der Waals surface area contributed by atoms with Crippen molar-refractivity contribution in [3.8, 4) is 0 Å². The second-order valence-electron chi connectivity index (χ2n) is 34.2. The average molecular weight is 2090 g/mol. The van der Waals surface area contributed by atoms with Gasteiger partial charge in [-0.15, -0.1) is 0 Å². The highest BCUT2D eigenvalue weighted by Gasteiger charge is 2.38. The van der Waals surface area contributed by atoms with Crippen LogP contribution in [0.4, 0.5) is 80.2 Å². The molecule has 0 aromatic heterocycles. The summed E-state index contributed by atoms with van der Waals surface area (Å²) in [6, 6.07) is 48.4. The van der Waals surface area contributed by atoms with Crippen LogP contribution in [-0.2, 0) is 127 Å². The lowest BCUT2D eigenvalue weighted by Gasteiger charge is -2.31. The third-order valence-electron chi connectivity index (χ3n) is 22.1. The molecule has 1 unspecified atom stereocenters. The number of benzene rings is 9. The van der Waals surface area contributed by atoms with Gasteiger partial charge in [0.25, 0.3) is 0 Å². The van der Waals surface area contributed by atoms with E-state index < -0.39 is 227 Å². The number of rotatable bonds is 51. The summed E-state index contributed by atoms with van der Waals surface area (Å²) >= 11 is 1.07. The molecule has 0 saturated heterocycles. The number of carbonyl (C=O) groups is 6. The van der Waals surface area contributed by atoms with Crippen molar-refractivity contribution in [3.05, 3.63) is 320 Å². The Morgan fingerprint density at radius 1 is 0.382 bits per heavy atom. The molecule has 12 N–H and O–H groups in total. The number of hydrogen-bond donors (Lipinski definition) is 9. The Balaban J connectivity index is 0.000000293. The number of aliphatic hydroxyl groups is 3. The number of nitrogens with zero attached hydrogens (tertiary/aromatic N) is 3. The van der Waals surface area contributed by atoms with Crippen LogP contribution in [-0.4, -0.2) is 206 Å². The molecule has 0 spiro atoms. The molecule has 0 aliphatic heterocycles. The van der Waals surface area contributed by atoms with Gasteiger partial charge in [0.15, 0.2) is 9.84 Å². The summed E-state index contributed by atoms with van der Waals surface area (Å²) < 4.78 is 252. The molecule has 10 atom stereocenters. The Bertz CT molecular complexity index is 5600. The fourth-order valence-corrected chi connectivity index (χ4v) is 18.4. The second kappa shape index (κ2) is 59.7. The Morgan fingerprint density at radius 2 is 0.667 bits per heavy atom. The molecule has 0 radical (unpaired) electrons. The molecular weight excluding hydrogens is 1970 g/mol. The number of hydrogen-bond acceptors (Lipinski definition) is 19. The number of nitrogens with one attached hydrogen (secondary N) is 3. The summed E-state index contributed by atoms with van der Waals surface area (Å²) in [4.78, 5) is 84.3. The minimum Gasteiger partial charge on any atom is -0.445 e. The zero-order valence-electron chi connectivity index (χ0n) is 79.3. The molecular formula is C102H120F15N9O15S3. The van der Waals surface area contributed by atoms with Gasteiger partial charge in [0.05, 0.1) is 35.6 Å². The number of carbonyl (C=O) groups excluding carboxylic acids is 6. The van der Waals surface area contributed by atoms with Crippen molar-refractivity contribution in [1.82, 2.24) is 30.7 Å². The van der Waals surface area contributed by atoms with Crippen LogP contribution in [0.15, 0.2) is 218 Å². The predicted molar refractivity (Wildman–Crippen MR) is 516 cm³/mol. The lowest BCUT2D eigenvalue weighted by molar-refractivity contribution is -0.135. The normalized spacial score (nSPS) is 13.8. The largest absolute Gasteiger partial charge is 0.445 e. The first-order valence-corrected chi connectivity index (χ1v) is 50.6. The molecule has 9 aromatic rings. The van der Waals surface area contributed by atoms with Crippen LogP contribution in [0.1, 0.15) is 126 Å². The highest BCUT2D eigenvalue weighted by molar-refractivity contribution is 7.99. The fraction of sp³-hybridized carbons (Fsp3) is 0.412. The quantitative estimate of drug-likeness (QED) is 0.00971. The van der Waals surface area contributed by atoms with E-state index in [-0.39, 0.29) is 106 Å². The minimum absolute atomic E-state index is 0.0149. The van der Waals surface area contributed by atoms with E-state index in [0.717, 1.165) is 87.8 Å². The minimum atomic E-state index is -4.60. The number of ether oxygens (including phenoxy) is 3. The number of alkyl carbamates (subject to hydrolysis) is 3. The highest BCUT2D eigenvalue weighted by Crippen LogP contribution is 2.28. The maximum absolute atomic E-state index is 14.1. The van der Waals surface area contributed by atoms with Gasteiger partial charge in [-0.2, -0.15) is 51.3 Å². The molecule has 0 aliphatic carbocycles. The standard InChI is InChI=1S/C34H40F5N3O6S.C34H40F5N3O5S.C34H40F5N3O4S/c1-2-23-10-6-11-25(14-23)19-42(20-31(43)29(40)17-26-15-27(35)18-28(36)16-26)32(44)30(22-49(46,47)13-7-12-34(37,38)39)41-33(45)48-21-24-8-4-3-5-9-24;1-2-23-10-6-11-25(14-23)19-42(20-31(43)29(40)17-26-15-27(35)18-28(36)16-26)32(44)30(22-48(46)13-7-12-34(37,38)39)41-33(45)47-21-24-8-4-3-5-9-24;1-2-23-10-6-11-25(14-23)19-42(20-31(43)29(40)17-26-15-27(35)18-28(36)16-26)32(44)30(22-47-13-7-12-34(37,38)39)41-33(45)46-21-24-8-4-3-5-9-24/h3-6,8-11,14-16,18,29-31,43H,2,7,12-13,17,19-22,40H2,1H3,(H,41,45);3-6,8-11,14-16,18,29-31,43H,2,7,12-13,17,19-22,40H2,1H3,(H,41,45);3-6,8-11,14-16,18,29-31,43H,2,7,12-13,17,19-22,40H2,1H3,(H,41,45)/t29-,30+,31+;29-,30+,31+,48?;29-,30+,31+/m000/s1. The molecule has 786 valence electrons. The molecule has 42 heteroatoms. The van der Waals surface area contributed by atoms with E-state index in [1.807, 2.05) is 57.2 Å². The van der Waals surface area contributed by atoms with Crippen molar-refractivity contribution >= 4 is 68.4 Å². The van der Waals surface area contributed by atoms with Crippen molar-refractivity contribution in [2.75, 3.05) is 54.2 Å². The van der Waals surface area contributed by atoms with E-state index >= 15 is 0 Å². The van der Waals surface area contributed by atoms with Crippen LogP contribution < -0.4 is 33.2 Å². The Hall–Kier alpha value is -11.6. The van der Waals surface area contributed by atoms with Gasteiger partial charge in [-0.1, -0.05) is 185 Å². The zero-order chi connectivity index (χ0) is 106. The first-order chi connectivity index (χ1) is 68.1. The van der Waals surface area contributed by atoms with Gasteiger partial charge in [0.2, 0.25) is 17.7 Å². The molecule has 0 bridgehead atoms. The molecule has 144 heavy (non-hydrogen) atoms. The topological polar surface area (TPSA) is 366 Å². The van der Waals surface area contributed by atoms with Crippen LogP contribution in [0.5, 0.6) is 0 Å². The Labute approximate surface area is 833 Å². The first kappa shape index (κ1) is 119. The molecule has 0 saturated carbocycles. The summed E-state index contributed by atoms with van der Waals surface area (Å²) in [5.74, 6) is -10.2. The summed E-state index contributed by atoms with van der Waals surface area (Å²) in [7, 11) is -6.31. The molecule has 0 heterocycles. The highest BCUT2D eigenvalue weighted by atomic mass is 32.2. The van der Waals surface area contributed by atoms with Gasteiger partial charge in [-0.05, 0) is 167 Å². The average Bonchev–Trinajstić information content (AvgIpc) is 0.832. The smallest absolute Gasteiger partial charge is 0.408 e. The van der Waals surface area contributed by atoms with E-state index in [4.69, 9.17) is 31.4 Å². The third kappa shape index (κ3) is 46.6. The number of amides is 6.